The van der Waals surface area contributed by atoms with Crippen molar-refractivity contribution in [3.8, 4) is 5.88 Å². The molecule has 96 valence electrons. The highest BCUT2D eigenvalue weighted by atomic mass is 19.4. The molecule has 18 heavy (non-hydrogen) atoms. The second-order valence-corrected chi connectivity index (χ2v) is 4.27. The van der Waals surface area contributed by atoms with Crippen molar-refractivity contribution in [1.82, 2.24) is 4.98 Å². The molecule has 0 saturated carbocycles. The molecular formula is C13H12F3NO. The molecule has 0 aliphatic rings. The lowest BCUT2D eigenvalue weighted by Crippen LogP contribution is -2.19. The molecule has 2 rings (SSSR count). The summed E-state index contributed by atoms with van der Waals surface area (Å²) in [6, 6.07) is 7.19. The first-order chi connectivity index (χ1) is 8.38. The second-order valence-electron chi connectivity index (χ2n) is 4.27. The van der Waals surface area contributed by atoms with Crippen LogP contribution in [0.2, 0.25) is 0 Å². The fraction of sp³-hybridized carbons (Fsp3) is 0.308. The van der Waals surface area contributed by atoms with Gasteiger partial charge in [0.2, 0.25) is 5.88 Å². The van der Waals surface area contributed by atoms with Gasteiger partial charge in [-0.2, -0.15) is 0 Å². The number of fused-ring (bicyclic) bond motifs is 1. The molecule has 0 aliphatic heterocycles. The summed E-state index contributed by atoms with van der Waals surface area (Å²) < 4.78 is 41.0. The molecule has 5 heteroatoms. The Labute approximate surface area is 102 Å². The average Bonchev–Trinajstić information content (AvgIpc) is 2.26. The number of alkyl halides is 3. The van der Waals surface area contributed by atoms with Crippen LogP contribution in [0.15, 0.2) is 30.5 Å². The molecule has 0 amide bonds. The summed E-state index contributed by atoms with van der Waals surface area (Å²) >= 11 is 0. The number of aromatic nitrogens is 1. The van der Waals surface area contributed by atoms with Gasteiger partial charge >= 0.3 is 6.36 Å². The van der Waals surface area contributed by atoms with Crippen LogP contribution in [0, 0.1) is 0 Å². The van der Waals surface area contributed by atoms with Gasteiger partial charge in [0, 0.05) is 17.1 Å². The zero-order valence-corrected chi connectivity index (χ0v) is 9.95. The van der Waals surface area contributed by atoms with E-state index in [0.29, 0.717) is 5.56 Å². The predicted molar refractivity (Wildman–Crippen MR) is 62.5 cm³/mol. The first-order valence-corrected chi connectivity index (χ1v) is 5.52. The molecule has 0 N–H and O–H groups in total. The van der Waals surface area contributed by atoms with E-state index in [1.54, 1.807) is 12.1 Å². The van der Waals surface area contributed by atoms with Gasteiger partial charge in [0.1, 0.15) is 0 Å². The van der Waals surface area contributed by atoms with Crippen molar-refractivity contribution in [2.24, 2.45) is 0 Å². The molecular weight excluding hydrogens is 243 g/mol. The Bertz CT molecular complexity index is 564. The molecule has 0 saturated heterocycles. The Morgan fingerprint density at radius 2 is 1.83 bits per heavy atom. The van der Waals surface area contributed by atoms with Gasteiger partial charge in [-0.25, -0.2) is 4.98 Å². The SMILES string of the molecule is CC(C)c1c(OC(F)(F)F)ncc2ccccc12. The molecule has 0 bridgehead atoms. The minimum Gasteiger partial charge on any atom is -0.388 e. The van der Waals surface area contributed by atoms with E-state index in [-0.39, 0.29) is 11.8 Å². The van der Waals surface area contributed by atoms with Crippen LogP contribution in [0.3, 0.4) is 0 Å². The van der Waals surface area contributed by atoms with Gasteiger partial charge in [0.05, 0.1) is 0 Å². The van der Waals surface area contributed by atoms with Crippen molar-refractivity contribution < 1.29 is 17.9 Å². The molecule has 2 aromatic rings. The summed E-state index contributed by atoms with van der Waals surface area (Å²) in [5.74, 6) is -0.475. The third-order valence-electron chi connectivity index (χ3n) is 2.59. The summed E-state index contributed by atoms with van der Waals surface area (Å²) in [5, 5.41) is 1.54. The molecule has 0 atom stereocenters. The van der Waals surface area contributed by atoms with Crippen molar-refractivity contribution in [2.75, 3.05) is 0 Å². The number of pyridine rings is 1. The van der Waals surface area contributed by atoms with Crippen LogP contribution in [0.5, 0.6) is 5.88 Å². The molecule has 1 heterocycles. The minimum atomic E-state index is -4.72. The van der Waals surface area contributed by atoms with Crippen LogP contribution in [-0.2, 0) is 0 Å². The third kappa shape index (κ3) is 2.55. The van der Waals surface area contributed by atoms with Crippen LogP contribution < -0.4 is 4.74 Å². The number of benzene rings is 1. The van der Waals surface area contributed by atoms with Crippen molar-refractivity contribution in [2.45, 2.75) is 26.1 Å². The topological polar surface area (TPSA) is 22.1 Å². The van der Waals surface area contributed by atoms with Crippen LogP contribution in [0.4, 0.5) is 13.2 Å². The van der Waals surface area contributed by atoms with Crippen molar-refractivity contribution in [1.29, 1.82) is 0 Å². The Morgan fingerprint density at radius 1 is 1.17 bits per heavy atom. The molecule has 1 aromatic carbocycles. The highest BCUT2D eigenvalue weighted by Gasteiger charge is 2.33. The summed E-state index contributed by atoms with van der Waals surface area (Å²) in [5.41, 5.74) is 0.477. The first kappa shape index (κ1) is 12.7. The fourth-order valence-corrected chi connectivity index (χ4v) is 1.92. The van der Waals surface area contributed by atoms with Crippen molar-refractivity contribution in [3.05, 3.63) is 36.0 Å². The van der Waals surface area contributed by atoms with Crippen LogP contribution in [0.25, 0.3) is 10.8 Å². The fourth-order valence-electron chi connectivity index (χ4n) is 1.92. The lowest BCUT2D eigenvalue weighted by Gasteiger charge is -2.16. The number of hydrogen-bond acceptors (Lipinski definition) is 2. The van der Waals surface area contributed by atoms with Gasteiger partial charge < -0.3 is 4.74 Å². The van der Waals surface area contributed by atoms with E-state index in [9.17, 15) is 13.2 Å². The van der Waals surface area contributed by atoms with Crippen molar-refractivity contribution >= 4 is 10.8 Å². The van der Waals surface area contributed by atoms with Crippen LogP contribution in [0.1, 0.15) is 25.3 Å². The number of hydrogen-bond donors (Lipinski definition) is 0. The predicted octanol–water partition coefficient (Wildman–Crippen LogP) is 4.26. The number of halogens is 3. The highest BCUT2D eigenvalue weighted by Crippen LogP contribution is 2.34. The molecule has 0 aliphatic carbocycles. The standard InChI is InChI=1S/C13H12F3NO/c1-8(2)11-10-6-4-3-5-9(10)7-17-12(11)18-13(14,15)16/h3-8H,1-2H3. The maximum absolute atomic E-state index is 12.3. The van der Waals surface area contributed by atoms with E-state index >= 15 is 0 Å². The molecule has 0 unspecified atom stereocenters. The summed E-state index contributed by atoms with van der Waals surface area (Å²) in [4.78, 5) is 3.77. The molecule has 0 fully saturated rings. The maximum Gasteiger partial charge on any atom is 0.574 e. The summed E-state index contributed by atoms with van der Waals surface area (Å²) in [6.07, 6.45) is -3.33. The van der Waals surface area contributed by atoms with Crippen LogP contribution in [-0.4, -0.2) is 11.3 Å². The summed E-state index contributed by atoms with van der Waals surface area (Å²) in [6.45, 7) is 3.62. The second kappa shape index (κ2) is 4.48. The van der Waals surface area contributed by atoms with E-state index in [0.717, 1.165) is 10.8 Å². The maximum atomic E-state index is 12.3. The third-order valence-corrected chi connectivity index (χ3v) is 2.59. The zero-order chi connectivity index (χ0) is 13.3. The lowest BCUT2D eigenvalue weighted by molar-refractivity contribution is -0.276. The van der Waals surface area contributed by atoms with Crippen molar-refractivity contribution in [3.63, 3.8) is 0 Å². The lowest BCUT2D eigenvalue weighted by atomic mass is 9.98. The van der Waals surface area contributed by atoms with Gasteiger partial charge in [0.25, 0.3) is 0 Å². The van der Waals surface area contributed by atoms with E-state index in [4.69, 9.17) is 0 Å². The first-order valence-electron chi connectivity index (χ1n) is 5.52. The number of nitrogens with zero attached hydrogens (tertiary/aromatic N) is 1. The number of ether oxygens (including phenoxy) is 1. The largest absolute Gasteiger partial charge is 0.574 e. The van der Waals surface area contributed by atoms with E-state index in [2.05, 4.69) is 9.72 Å². The van der Waals surface area contributed by atoms with Crippen LogP contribution >= 0.6 is 0 Å². The summed E-state index contributed by atoms with van der Waals surface area (Å²) in [7, 11) is 0. The number of rotatable bonds is 2. The molecule has 0 spiro atoms. The van der Waals surface area contributed by atoms with E-state index in [1.807, 2.05) is 26.0 Å². The molecule has 1 aromatic heterocycles. The highest BCUT2D eigenvalue weighted by molar-refractivity contribution is 5.86. The molecule has 0 radical (unpaired) electrons. The van der Waals surface area contributed by atoms with Gasteiger partial charge in [-0.05, 0) is 11.3 Å². The monoisotopic (exact) mass is 255 g/mol. The zero-order valence-electron chi connectivity index (χ0n) is 9.95. The average molecular weight is 255 g/mol. The molecule has 2 nitrogen and oxygen atoms in total. The quantitative estimate of drug-likeness (QED) is 0.800. The Kier molecular flexibility index (Phi) is 3.15. The Hall–Kier alpha value is -1.78. The Balaban J connectivity index is 2.63. The van der Waals surface area contributed by atoms with Gasteiger partial charge in [-0.3, -0.25) is 0 Å². The smallest absolute Gasteiger partial charge is 0.388 e. The van der Waals surface area contributed by atoms with Gasteiger partial charge in [-0.15, -0.1) is 13.2 Å². The van der Waals surface area contributed by atoms with E-state index in [1.165, 1.54) is 6.20 Å². The minimum absolute atomic E-state index is 0.110. The Morgan fingerprint density at radius 3 is 2.44 bits per heavy atom. The van der Waals surface area contributed by atoms with E-state index < -0.39 is 6.36 Å². The normalized spacial score (nSPS) is 12.1. The van der Waals surface area contributed by atoms with Gasteiger partial charge in [0.15, 0.2) is 0 Å². The van der Waals surface area contributed by atoms with Gasteiger partial charge in [-0.1, -0.05) is 38.1 Å².